The predicted octanol–water partition coefficient (Wildman–Crippen LogP) is 2.67. The molecule has 2 aromatic heterocycles. The molecule has 0 saturated carbocycles. The summed E-state index contributed by atoms with van der Waals surface area (Å²) < 4.78 is 6.78. The third-order valence-corrected chi connectivity index (χ3v) is 4.45. The fourth-order valence-electron chi connectivity index (χ4n) is 2.82. The molecule has 1 amide bonds. The van der Waals surface area contributed by atoms with Crippen molar-refractivity contribution in [2.45, 2.75) is 13.5 Å². The SMILES string of the molecule is Cc1ccc(-c2nc(NC(=O)c3ccc(=O)n(CCOc4ccccc4)n3)n[nH]2)cc1. The van der Waals surface area contributed by atoms with Gasteiger partial charge in [-0.25, -0.2) is 4.68 Å². The molecule has 0 atom stereocenters. The highest BCUT2D eigenvalue weighted by Crippen LogP contribution is 2.16. The maximum Gasteiger partial charge on any atom is 0.278 e. The molecule has 0 fully saturated rings. The molecule has 4 rings (SSSR count). The van der Waals surface area contributed by atoms with E-state index in [1.54, 1.807) is 0 Å². The molecule has 2 N–H and O–H groups in total. The number of carbonyl (C=O) groups is 1. The Bertz CT molecular complexity index is 1230. The van der Waals surface area contributed by atoms with Crippen LogP contribution < -0.4 is 15.6 Å². The van der Waals surface area contributed by atoms with E-state index >= 15 is 0 Å². The van der Waals surface area contributed by atoms with Crippen LogP contribution in [0.2, 0.25) is 0 Å². The largest absolute Gasteiger partial charge is 0.492 e. The second-order valence-electron chi connectivity index (χ2n) is 6.77. The van der Waals surface area contributed by atoms with E-state index in [4.69, 9.17) is 4.74 Å². The Morgan fingerprint density at radius 2 is 1.84 bits per heavy atom. The number of hydrogen-bond acceptors (Lipinski definition) is 6. The van der Waals surface area contributed by atoms with Gasteiger partial charge in [0.25, 0.3) is 11.5 Å². The van der Waals surface area contributed by atoms with Crippen molar-refractivity contribution in [3.05, 3.63) is 88.3 Å². The summed E-state index contributed by atoms with van der Waals surface area (Å²) in [6.45, 7) is 2.44. The summed E-state index contributed by atoms with van der Waals surface area (Å²) in [7, 11) is 0. The number of hydrogen-bond donors (Lipinski definition) is 2. The molecule has 9 heteroatoms. The smallest absolute Gasteiger partial charge is 0.278 e. The summed E-state index contributed by atoms with van der Waals surface area (Å²) >= 11 is 0. The molecule has 156 valence electrons. The van der Waals surface area contributed by atoms with Crippen LogP contribution in [0.4, 0.5) is 5.95 Å². The van der Waals surface area contributed by atoms with E-state index < -0.39 is 5.91 Å². The topological polar surface area (TPSA) is 115 Å². The molecule has 2 aromatic carbocycles. The van der Waals surface area contributed by atoms with E-state index in [0.29, 0.717) is 11.6 Å². The Morgan fingerprint density at radius 1 is 1.06 bits per heavy atom. The first-order chi connectivity index (χ1) is 15.1. The number of aromatic nitrogens is 5. The van der Waals surface area contributed by atoms with E-state index in [1.165, 1.54) is 16.8 Å². The Labute approximate surface area is 177 Å². The molecule has 9 nitrogen and oxygen atoms in total. The number of nitrogens with one attached hydrogen (secondary N) is 2. The van der Waals surface area contributed by atoms with Crippen molar-refractivity contribution in [2.24, 2.45) is 0 Å². The summed E-state index contributed by atoms with van der Waals surface area (Å²) in [6, 6.07) is 19.7. The standard InChI is InChI=1S/C22H20N6O3/c1-15-7-9-16(10-8-15)20-23-22(26-25-20)24-21(30)18-11-12-19(29)28(27-18)13-14-31-17-5-3-2-4-6-17/h2-12H,13-14H2,1H3,(H2,23,24,25,26,30). The Kier molecular flexibility index (Phi) is 5.84. The maximum atomic E-state index is 12.5. The molecule has 0 bridgehead atoms. The number of para-hydroxylation sites is 1. The second kappa shape index (κ2) is 9.04. The number of nitrogens with zero attached hydrogens (tertiary/aromatic N) is 4. The summed E-state index contributed by atoms with van der Waals surface area (Å²) in [5.41, 5.74) is 1.73. The van der Waals surface area contributed by atoms with Gasteiger partial charge in [0.1, 0.15) is 18.1 Å². The van der Waals surface area contributed by atoms with Crippen molar-refractivity contribution in [3.63, 3.8) is 0 Å². The molecular formula is C22H20N6O3. The molecular weight excluding hydrogens is 396 g/mol. The second-order valence-corrected chi connectivity index (χ2v) is 6.77. The number of ether oxygens (including phenoxy) is 1. The van der Waals surface area contributed by atoms with Gasteiger partial charge in [-0.1, -0.05) is 48.0 Å². The van der Waals surface area contributed by atoms with Gasteiger partial charge in [-0.3, -0.25) is 20.0 Å². The van der Waals surface area contributed by atoms with E-state index in [1.807, 2.05) is 61.5 Å². The van der Waals surface area contributed by atoms with Crippen LogP contribution in [-0.4, -0.2) is 37.5 Å². The monoisotopic (exact) mass is 416 g/mol. The van der Waals surface area contributed by atoms with Gasteiger partial charge in [-0.15, -0.1) is 5.10 Å². The number of carbonyl (C=O) groups excluding carboxylic acids is 1. The zero-order valence-corrected chi connectivity index (χ0v) is 16.8. The lowest BCUT2D eigenvalue weighted by molar-refractivity contribution is 0.101. The van der Waals surface area contributed by atoms with Crippen molar-refractivity contribution >= 4 is 11.9 Å². The van der Waals surface area contributed by atoms with Gasteiger partial charge in [-0.2, -0.15) is 10.1 Å². The van der Waals surface area contributed by atoms with Crippen molar-refractivity contribution in [3.8, 4) is 17.1 Å². The van der Waals surface area contributed by atoms with Crippen LogP contribution in [0.1, 0.15) is 16.1 Å². The van der Waals surface area contributed by atoms with E-state index in [2.05, 4.69) is 25.6 Å². The lowest BCUT2D eigenvalue weighted by atomic mass is 10.1. The number of rotatable bonds is 7. The normalized spacial score (nSPS) is 10.6. The van der Waals surface area contributed by atoms with Crippen molar-refractivity contribution < 1.29 is 9.53 Å². The van der Waals surface area contributed by atoms with E-state index in [9.17, 15) is 9.59 Å². The summed E-state index contributed by atoms with van der Waals surface area (Å²) in [5.74, 6) is 0.824. The number of aromatic amines is 1. The summed E-state index contributed by atoms with van der Waals surface area (Å²) in [6.07, 6.45) is 0. The zero-order chi connectivity index (χ0) is 21.6. The van der Waals surface area contributed by atoms with Gasteiger partial charge < -0.3 is 4.74 Å². The number of anilines is 1. The number of aryl methyl sites for hydroxylation is 1. The predicted molar refractivity (Wildman–Crippen MR) is 115 cm³/mol. The van der Waals surface area contributed by atoms with Crippen LogP contribution in [-0.2, 0) is 6.54 Å². The van der Waals surface area contributed by atoms with Crippen LogP contribution in [0.5, 0.6) is 5.75 Å². The first-order valence-corrected chi connectivity index (χ1v) is 9.65. The average molecular weight is 416 g/mol. The molecule has 4 aromatic rings. The van der Waals surface area contributed by atoms with Gasteiger partial charge in [0.15, 0.2) is 5.82 Å². The lowest BCUT2D eigenvalue weighted by Crippen LogP contribution is -2.28. The number of benzene rings is 2. The summed E-state index contributed by atoms with van der Waals surface area (Å²) in [4.78, 5) is 28.9. The van der Waals surface area contributed by atoms with Gasteiger partial charge in [0.2, 0.25) is 5.95 Å². The minimum absolute atomic E-state index is 0.0704. The number of amides is 1. The molecule has 0 saturated heterocycles. The molecule has 0 aliphatic carbocycles. The Hall–Kier alpha value is -4.27. The highest BCUT2D eigenvalue weighted by Gasteiger charge is 2.13. The fraction of sp³-hybridized carbons (Fsp3) is 0.136. The van der Waals surface area contributed by atoms with Crippen LogP contribution in [0, 0.1) is 6.92 Å². The molecule has 2 heterocycles. The zero-order valence-electron chi connectivity index (χ0n) is 16.8. The first kappa shape index (κ1) is 20.0. The first-order valence-electron chi connectivity index (χ1n) is 9.65. The van der Waals surface area contributed by atoms with Crippen molar-refractivity contribution in [1.82, 2.24) is 25.0 Å². The molecule has 0 aliphatic heterocycles. The maximum absolute atomic E-state index is 12.5. The highest BCUT2D eigenvalue weighted by atomic mass is 16.5. The van der Waals surface area contributed by atoms with Crippen LogP contribution >= 0.6 is 0 Å². The van der Waals surface area contributed by atoms with Gasteiger partial charge in [-0.05, 0) is 25.1 Å². The third kappa shape index (κ3) is 5.02. The van der Waals surface area contributed by atoms with E-state index in [0.717, 1.165) is 11.1 Å². The number of H-pyrrole nitrogens is 1. The molecule has 0 spiro atoms. The van der Waals surface area contributed by atoms with Crippen molar-refractivity contribution in [2.75, 3.05) is 11.9 Å². The van der Waals surface area contributed by atoms with Crippen LogP contribution in [0.25, 0.3) is 11.4 Å². The quantitative estimate of drug-likeness (QED) is 0.479. The molecule has 31 heavy (non-hydrogen) atoms. The molecule has 0 aliphatic rings. The third-order valence-electron chi connectivity index (χ3n) is 4.45. The fourth-order valence-corrected chi connectivity index (χ4v) is 2.82. The minimum atomic E-state index is -0.521. The molecule has 0 radical (unpaired) electrons. The van der Waals surface area contributed by atoms with Crippen LogP contribution in [0.15, 0.2) is 71.5 Å². The minimum Gasteiger partial charge on any atom is -0.492 e. The summed E-state index contributed by atoms with van der Waals surface area (Å²) in [5, 5.41) is 13.5. The van der Waals surface area contributed by atoms with Gasteiger partial charge in [0, 0.05) is 11.6 Å². The van der Waals surface area contributed by atoms with Gasteiger partial charge >= 0.3 is 0 Å². The Morgan fingerprint density at radius 3 is 2.61 bits per heavy atom. The van der Waals surface area contributed by atoms with E-state index in [-0.39, 0.29) is 30.4 Å². The van der Waals surface area contributed by atoms with Crippen molar-refractivity contribution in [1.29, 1.82) is 0 Å². The average Bonchev–Trinajstić information content (AvgIpc) is 3.24. The highest BCUT2D eigenvalue weighted by molar-refractivity contribution is 6.01. The Balaban J connectivity index is 1.41. The van der Waals surface area contributed by atoms with Gasteiger partial charge in [0.05, 0.1) is 6.54 Å². The van der Waals surface area contributed by atoms with Crippen LogP contribution in [0.3, 0.4) is 0 Å². The lowest BCUT2D eigenvalue weighted by Gasteiger charge is -2.08. The molecule has 0 unspecified atom stereocenters.